The van der Waals surface area contributed by atoms with Gasteiger partial charge in [0, 0.05) is 44.1 Å². The summed E-state index contributed by atoms with van der Waals surface area (Å²) in [5.74, 6) is -0.981. The van der Waals surface area contributed by atoms with Crippen LogP contribution in [0.3, 0.4) is 0 Å². The average Bonchev–Trinajstić information content (AvgIpc) is 3.02. The SMILES string of the molecule is CN(C)C(=O)c1cccc(-c2ccc(CC[N+]3(N(C)C(=O)CC4C(=O)NOc5cc(Cl)c(Cl)cc54)CCOCC3)cc2)c1. The van der Waals surface area contributed by atoms with Crippen molar-refractivity contribution in [3.63, 3.8) is 0 Å². The molecule has 3 amide bonds. The minimum atomic E-state index is -0.756. The van der Waals surface area contributed by atoms with Crippen LogP contribution in [0.1, 0.15) is 33.8 Å². The molecule has 1 unspecified atom stereocenters. The molecule has 43 heavy (non-hydrogen) atoms. The Bertz CT molecular complexity index is 1520. The molecule has 1 saturated heterocycles. The standard InChI is InChI=1S/C32H34Cl2N4O5/c1-36(2)32(41)24-6-4-5-23(17-24)22-9-7-21(8-10-22)11-12-38(13-15-42-16-14-38)37(3)30(39)19-26-25-18-27(33)28(34)20-29(25)43-35-31(26)40/h4-10,17-18,20,26H,11-16,19H2,1-3H3/p+1. The molecule has 3 aromatic carbocycles. The molecule has 2 aliphatic heterocycles. The van der Waals surface area contributed by atoms with Gasteiger partial charge < -0.3 is 14.5 Å². The van der Waals surface area contributed by atoms with Gasteiger partial charge in [-0.15, -0.1) is 0 Å². The van der Waals surface area contributed by atoms with Crippen molar-refractivity contribution in [1.29, 1.82) is 0 Å². The molecule has 0 aliphatic carbocycles. The third kappa shape index (κ3) is 6.65. The van der Waals surface area contributed by atoms with Crippen LogP contribution >= 0.6 is 23.2 Å². The molecule has 2 aliphatic rings. The third-order valence-electron chi connectivity index (χ3n) is 8.31. The molecule has 3 aromatic rings. The predicted octanol–water partition coefficient (Wildman–Crippen LogP) is 4.72. The quantitative estimate of drug-likeness (QED) is 0.366. The van der Waals surface area contributed by atoms with Crippen molar-refractivity contribution >= 4 is 40.9 Å². The van der Waals surface area contributed by atoms with Crippen LogP contribution in [0.2, 0.25) is 10.0 Å². The molecule has 11 heteroatoms. The van der Waals surface area contributed by atoms with E-state index in [0.29, 0.717) is 64.4 Å². The molecular formula is C32H35Cl2N4O5+. The zero-order valence-electron chi connectivity index (χ0n) is 24.4. The predicted molar refractivity (Wildman–Crippen MR) is 165 cm³/mol. The third-order valence-corrected chi connectivity index (χ3v) is 9.03. The smallest absolute Gasteiger partial charge is 0.268 e. The van der Waals surface area contributed by atoms with Crippen LogP contribution < -0.4 is 10.3 Å². The Balaban J connectivity index is 1.29. The van der Waals surface area contributed by atoms with Crippen LogP contribution in [0.5, 0.6) is 5.75 Å². The van der Waals surface area contributed by atoms with Gasteiger partial charge >= 0.3 is 0 Å². The fraction of sp³-hybridized carbons (Fsp3) is 0.344. The summed E-state index contributed by atoms with van der Waals surface area (Å²) in [5, 5.41) is 2.35. The highest BCUT2D eigenvalue weighted by Crippen LogP contribution is 2.38. The Morgan fingerprint density at radius 2 is 1.65 bits per heavy atom. The van der Waals surface area contributed by atoms with Crippen molar-refractivity contribution in [2.45, 2.75) is 18.8 Å². The molecular weight excluding hydrogens is 591 g/mol. The molecule has 1 atom stereocenters. The van der Waals surface area contributed by atoms with Gasteiger partial charge in [0.05, 0.1) is 36.2 Å². The Kier molecular flexibility index (Phi) is 9.27. The van der Waals surface area contributed by atoms with E-state index in [-0.39, 0.29) is 18.2 Å². The summed E-state index contributed by atoms with van der Waals surface area (Å²) in [6, 6.07) is 19.1. The fourth-order valence-corrected chi connectivity index (χ4v) is 5.94. The highest BCUT2D eigenvalue weighted by atomic mass is 35.5. The van der Waals surface area contributed by atoms with Crippen LogP contribution in [0, 0.1) is 0 Å². The number of amides is 3. The fourth-order valence-electron chi connectivity index (χ4n) is 5.62. The number of halogens is 2. The monoisotopic (exact) mass is 625 g/mol. The Morgan fingerprint density at radius 1 is 0.953 bits per heavy atom. The lowest BCUT2D eigenvalue weighted by Gasteiger charge is -2.46. The first-order valence-electron chi connectivity index (χ1n) is 14.2. The maximum Gasteiger partial charge on any atom is 0.268 e. The number of nitrogens with zero attached hydrogens (tertiary/aromatic N) is 3. The number of hydrogen-bond donors (Lipinski definition) is 1. The van der Waals surface area contributed by atoms with Gasteiger partial charge in [-0.25, -0.2) is 4.59 Å². The molecule has 0 spiro atoms. The molecule has 226 valence electrons. The topological polar surface area (TPSA) is 88.2 Å². The second-order valence-corrected chi connectivity index (χ2v) is 12.0. The van der Waals surface area contributed by atoms with Crippen LogP contribution in [0.25, 0.3) is 11.1 Å². The van der Waals surface area contributed by atoms with E-state index in [4.69, 9.17) is 32.8 Å². The lowest BCUT2D eigenvalue weighted by atomic mass is 9.92. The average molecular weight is 627 g/mol. The van der Waals surface area contributed by atoms with Gasteiger partial charge in [-0.2, -0.15) is 10.5 Å². The number of benzene rings is 3. The number of carbonyl (C=O) groups is 3. The summed E-state index contributed by atoms with van der Waals surface area (Å²) < 4.78 is 6.09. The maximum atomic E-state index is 13.7. The van der Waals surface area contributed by atoms with E-state index in [0.717, 1.165) is 23.1 Å². The number of hydrogen-bond acceptors (Lipinski definition) is 5. The van der Waals surface area contributed by atoms with Crippen LogP contribution in [0.4, 0.5) is 0 Å². The number of nitrogens with one attached hydrogen (secondary N) is 1. The number of ether oxygens (including phenoxy) is 1. The largest absolute Gasteiger partial charge is 0.379 e. The second kappa shape index (κ2) is 12.9. The lowest BCUT2D eigenvalue weighted by molar-refractivity contribution is -1.03. The van der Waals surface area contributed by atoms with E-state index in [1.54, 1.807) is 43.2 Å². The molecule has 9 nitrogen and oxygen atoms in total. The summed E-state index contributed by atoms with van der Waals surface area (Å²) in [4.78, 5) is 45.8. The molecule has 5 rings (SSSR count). The number of quaternary nitrogens is 1. The van der Waals surface area contributed by atoms with E-state index in [2.05, 4.69) is 29.7 Å². The number of fused-ring (bicyclic) bond motifs is 1. The second-order valence-electron chi connectivity index (χ2n) is 11.2. The molecule has 2 heterocycles. The number of rotatable bonds is 8. The lowest BCUT2D eigenvalue weighted by Crippen LogP contribution is -2.66. The minimum absolute atomic E-state index is 0.0356. The van der Waals surface area contributed by atoms with Gasteiger partial charge in [0.1, 0.15) is 19.6 Å². The first-order chi connectivity index (χ1) is 20.6. The first-order valence-corrected chi connectivity index (χ1v) is 14.9. The van der Waals surface area contributed by atoms with Gasteiger partial charge in [0.2, 0.25) is 0 Å². The number of morpholine rings is 1. The number of hydroxylamine groups is 1. The highest BCUT2D eigenvalue weighted by molar-refractivity contribution is 6.42. The van der Waals surface area contributed by atoms with E-state index in [1.807, 2.05) is 24.3 Å². The highest BCUT2D eigenvalue weighted by Gasteiger charge is 2.41. The van der Waals surface area contributed by atoms with Crippen molar-refractivity contribution in [3.05, 3.63) is 87.4 Å². The molecule has 1 fully saturated rings. The maximum absolute atomic E-state index is 13.7. The Labute approximate surface area is 261 Å². The van der Waals surface area contributed by atoms with Gasteiger partial charge in [-0.1, -0.05) is 59.6 Å². The summed E-state index contributed by atoms with van der Waals surface area (Å²) in [7, 11) is 5.28. The van der Waals surface area contributed by atoms with Crippen LogP contribution in [0.15, 0.2) is 60.7 Å². The van der Waals surface area contributed by atoms with Gasteiger partial charge in [-0.05, 0) is 34.9 Å². The van der Waals surface area contributed by atoms with Crippen molar-refractivity contribution in [2.24, 2.45) is 0 Å². The van der Waals surface area contributed by atoms with Crippen molar-refractivity contribution in [1.82, 2.24) is 15.4 Å². The molecule has 1 N–H and O–H groups in total. The van der Waals surface area contributed by atoms with Gasteiger partial charge in [0.25, 0.3) is 17.7 Å². The van der Waals surface area contributed by atoms with Crippen LogP contribution in [-0.2, 0) is 20.7 Å². The van der Waals surface area contributed by atoms with Crippen molar-refractivity contribution in [2.75, 3.05) is 54.0 Å². The van der Waals surface area contributed by atoms with Crippen LogP contribution in [-0.4, -0.2) is 86.2 Å². The Morgan fingerprint density at radius 3 is 2.35 bits per heavy atom. The summed E-state index contributed by atoms with van der Waals surface area (Å²) in [5.41, 5.74) is 6.70. The minimum Gasteiger partial charge on any atom is -0.379 e. The summed E-state index contributed by atoms with van der Waals surface area (Å²) >= 11 is 12.4. The molecule has 0 radical (unpaired) electrons. The van der Waals surface area contributed by atoms with Crippen molar-refractivity contribution in [3.8, 4) is 16.9 Å². The van der Waals surface area contributed by atoms with E-state index >= 15 is 0 Å². The zero-order valence-corrected chi connectivity index (χ0v) is 26.0. The summed E-state index contributed by atoms with van der Waals surface area (Å²) in [6.07, 6.45) is 0.702. The normalized spacial score (nSPS) is 17.3. The van der Waals surface area contributed by atoms with E-state index < -0.39 is 11.8 Å². The Hall–Kier alpha value is -3.63. The summed E-state index contributed by atoms with van der Waals surface area (Å²) in [6.45, 7) is 3.05. The van der Waals surface area contributed by atoms with E-state index in [9.17, 15) is 14.4 Å². The first kappa shape index (κ1) is 30.8. The van der Waals surface area contributed by atoms with E-state index in [1.165, 1.54) is 0 Å². The van der Waals surface area contributed by atoms with Gasteiger partial charge in [-0.3, -0.25) is 14.4 Å². The zero-order chi connectivity index (χ0) is 30.7. The number of carbonyl (C=O) groups excluding carboxylic acids is 3. The molecule has 0 bridgehead atoms. The van der Waals surface area contributed by atoms with Gasteiger partial charge in [0.15, 0.2) is 5.75 Å². The molecule has 0 saturated carbocycles. The van der Waals surface area contributed by atoms with Crippen molar-refractivity contribution < 1.29 is 28.6 Å². The molecule has 0 aromatic heterocycles.